The zero-order chi connectivity index (χ0) is 13.9. The van der Waals surface area contributed by atoms with Crippen molar-refractivity contribution in [1.29, 1.82) is 0 Å². The number of benzene rings is 1. The number of thiol groups is 1. The summed E-state index contributed by atoms with van der Waals surface area (Å²) < 4.78 is 49.1. The van der Waals surface area contributed by atoms with Gasteiger partial charge in [-0.05, 0) is 37.0 Å². The topological polar surface area (TPSA) is 18.5 Å². The number of alkyl halides is 3. The van der Waals surface area contributed by atoms with Gasteiger partial charge in [0.1, 0.15) is 5.75 Å². The second-order valence-corrected chi connectivity index (χ2v) is 5.06. The Bertz CT molecular complexity index is 428. The molecular formula is C13H15F3O2S. The van der Waals surface area contributed by atoms with E-state index in [-0.39, 0.29) is 16.6 Å². The molecule has 0 saturated carbocycles. The minimum atomic E-state index is -4.43. The molecule has 0 aromatic heterocycles. The Hall–Kier alpha value is -0.880. The fraction of sp³-hybridized carbons (Fsp3) is 0.538. The van der Waals surface area contributed by atoms with E-state index in [0.29, 0.717) is 19.8 Å². The minimum absolute atomic E-state index is 0.128. The zero-order valence-electron chi connectivity index (χ0n) is 10.2. The molecule has 0 N–H and O–H groups in total. The summed E-state index contributed by atoms with van der Waals surface area (Å²) in [5.74, 6) is 0.127. The van der Waals surface area contributed by atoms with E-state index in [1.54, 1.807) is 0 Å². The van der Waals surface area contributed by atoms with E-state index in [4.69, 9.17) is 9.47 Å². The Labute approximate surface area is 115 Å². The highest BCUT2D eigenvalue weighted by Crippen LogP contribution is 2.37. The van der Waals surface area contributed by atoms with Crippen LogP contribution in [0.25, 0.3) is 0 Å². The van der Waals surface area contributed by atoms with E-state index in [2.05, 4.69) is 12.6 Å². The molecule has 19 heavy (non-hydrogen) atoms. The van der Waals surface area contributed by atoms with Crippen molar-refractivity contribution in [2.45, 2.75) is 23.9 Å². The van der Waals surface area contributed by atoms with E-state index >= 15 is 0 Å². The summed E-state index contributed by atoms with van der Waals surface area (Å²) >= 11 is 3.93. The molecule has 0 aliphatic carbocycles. The molecule has 2 rings (SSSR count). The molecular weight excluding hydrogens is 277 g/mol. The van der Waals surface area contributed by atoms with Gasteiger partial charge in [-0.25, -0.2) is 0 Å². The number of halogens is 3. The molecule has 1 saturated heterocycles. The van der Waals surface area contributed by atoms with E-state index in [1.165, 1.54) is 12.1 Å². The lowest BCUT2D eigenvalue weighted by molar-refractivity contribution is -0.139. The Morgan fingerprint density at radius 2 is 1.95 bits per heavy atom. The van der Waals surface area contributed by atoms with Gasteiger partial charge in [-0.1, -0.05) is 0 Å². The Morgan fingerprint density at radius 1 is 1.26 bits per heavy atom. The van der Waals surface area contributed by atoms with Crippen molar-refractivity contribution in [2.24, 2.45) is 5.92 Å². The smallest absolute Gasteiger partial charge is 0.420 e. The van der Waals surface area contributed by atoms with Gasteiger partial charge in [0, 0.05) is 18.1 Å². The number of hydrogen-bond acceptors (Lipinski definition) is 3. The summed E-state index contributed by atoms with van der Waals surface area (Å²) in [7, 11) is 0. The van der Waals surface area contributed by atoms with E-state index < -0.39 is 11.7 Å². The quantitative estimate of drug-likeness (QED) is 0.854. The third-order valence-corrected chi connectivity index (χ3v) is 3.36. The third kappa shape index (κ3) is 4.04. The molecule has 6 heteroatoms. The van der Waals surface area contributed by atoms with Crippen molar-refractivity contribution in [3.05, 3.63) is 23.8 Å². The van der Waals surface area contributed by atoms with Crippen LogP contribution in [0, 0.1) is 5.92 Å². The van der Waals surface area contributed by atoms with Gasteiger partial charge in [0.05, 0.1) is 12.2 Å². The van der Waals surface area contributed by atoms with Gasteiger partial charge in [-0.3, -0.25) is 0 Å². The number of rotatable bonds is 3. The number of hydrogen-bond donors (Lipinski definition) is 1. The monoisotopic (exact) mass is 292 g/mol. The second-order valence-electron chi connectivity index (χ2n) is 4.54. The van der Waals surface area contributed by atoms with Gasteiger partial charge in [0.15, 0.2) is 0 Å². The van der Waals surface area contributed by atoms with Gasteiger partial charge in [-0.15, -0.1) is 12.6 Å². The Kier molecular flexibility index (Phi) is 4.62. The normalized spacial score (nSPS) is 17.5. The maximum absolute atomic E-state index is 12.9. The average molecular weight is 292 g/mol. The van der Waals surface area contributed by atoms with E-state index in [0.717, 1.165) is 18.9 Å². The first kappa shape index (κ1) is 14.5. The molecule has 1 aromatic carbocycles. The summed E-state index contributed by atoms with van der Waals surface area (Å²) in [4.78, 5) is 0.269. The van der Waals surface area contributed by atoms with Crippen LogP contribution in [0.1, 0.15) is 18.4 Å². The molecule has 1 aliphatic rings. The van der Waals surface area contributed by atoms with Crippen LogP contribution in [0.2, 0.25) is 0 Å². The summed E-state index contributed by atoms with van der Waals surface area (Å²) in [5.41, 5.74) is -0.771. The van der Waals surface area contributed by atoms with Gasteiger partial charge in [0.25, 0.3) is 0 Å². The standard InChI is InChI=1S/C13H15F3O2S/c14-13(15,16)11-7-10(19)1-2-12(11)18-8-9-3-5-17-6-4-9/h1-2,7,9,19H,3-6,8H2. The van der Waals surface area contributed by atoms with Crippen LogP contribution in [0.15, 0.2) is 23.1 Å². The van der Waals surface area contributed by atoms with Crippen molar-refractivity contribution < 1.29 is 22.6 Å². The summed E-state index contributed by atoms with van der Waals surface area (Å²) in [6.07, 6.45) is -2.78. The maximum Gasteiger partial charge on any atom is 0.420 e. The molecule has 1 fully saturated rings. The molecule has 0 spiro atoms. The van der Waals surface area contributed by atoms with E-state index in [1.807, 2.05) is 0 Å². The van der Waals surface area contributed by atoms with Gasteiger partial charge in [0.2, 0.25) is 0 Å². The fourth-order valence-corrected chi connectivity index (χ4v) is 2.19. The van der Waals surface area contributed by atoms with Crippen molar-refractivity contribution >= 4 is 12.6 Å². The zero-order valence-corrected chi connectivity index (χ0v) is 11.1. The lowest BCUT2D eigenvalue weighted by atomic mass is 10.0. The third-order valence-electron chi connectivity index (χ3n) is 3.08. The summed E-state index contributed by atoms with van der Waals surface area (Å²) in [6, 6.07) is 3.81. The Balaban J connectivity index is 2.06. The summed E-state index contributed by atoms with van der Waals surface area (Å²) in [6.45, 7) is 1.59. The van der Waals surface area contributed by atoms with Crippen molar-refractivity contribution in [3.8, 4) is 5.75 Å². The molecule has 0 unspecified atom stereocenters. The first-order valence-corrected chi connectivity index (χ1v) is 6.52. The van der Waals surface area contributed by atoms with Crippen LogP contribution in [0.3, 0.4) is 0 Å². The van der Waals surface area contributed by atoms with Crippen molar-refractivity contribution in [1.82, 2.24) is 0 Å². The maximum atomic E-state index is 12.9. The SMILES string of the molecule is FC(F)(F)c1cc(S)ccc1OCC1CCOCC1. The fourth-order valence-electron chi connectivity index (χ4n) is 1.99. The van der Waals surface area contributed by atoms with Gasteiger partial charge in [-0.2, -0.15) is 13.2 Å². The first-order chi connectivity index (χ1) is 8.97. The highest BCUT2D eigenvalue weighted by atomic mass is 32.1. The molecule has 1 heterocycles. The van der Waals surface area contributed by atoms with Crippen LogP contribution in [0.5, 0.6) is 5.75 Å². The molecule has 0 bridgehead atoms. The molecule has 0 amide bonds. The van der Waals surface area contributed by atoms with Crippen LogP contribution in [-0.2, 0) is 10.9 Å². The lowest BCUT2D eigenvalue weighted by Crippen LogP contribution is -2.22. The molecule has 1 aliphatic heterocycles. The van der Waals surface area contributed by atoms with Crippen molar-refractivity contribution in [3.63, 3.8) is 0 Å². The predicted molar refractivity (Wildman–Crippen MR) is 67.7 cm³/mol. The lowest BCUT2D eigenvalue weighted by Gasteiger charge is -2.23. The number of ether oxygens (including phenoxy) is 2. The minimum Gasteiger partial charge on any atom is -0.493 e. The molecule has 2 nitrogen and oxygen atoms in total. The predicted octanol–water partition coefficient (Wildman–Crippen LogP) is 3.80. The highest BCUT2D eigenvalue weighted by molar-refractivity contribution is 7.80. The van der Waals surface area contributed by atoms with E-state index in [9.17, 15) is 13.2 Å². The van der Waals surface area contributed by atoms with Crippen LogP contribution in [0.4, 0.5) is 13.2 Å². The van der Waals surface area contributed by atoms with Crippen LogP contribution >= 0.6 is 12.6 Å². The largest absolute Gasteiger partial charge is 0.493 e. The molecule has 106 valence electrons. The molecule has 0 radical (unpaired) electrons. The second kappa shape index (κ2) is 6.05. The van der Waals surface area contributed by atoms with Gasteiger partial charge >= 0.3 is 6.18 Å². The van der Waals surface area contributed by atoms with Crippen molar-refractivity contribution in [2.75, 3.05) is 19.8 Å². The van der Waals surface area contributed by atoms with Gasteiger partial charge < -0.3 is 9.47 Å². The summed E-state index contributed by atoms with van der Waals surface area (Å²) in [5, 5.41) is 0. The molecule has 1 aromatic rings. The highest BCUT2D eigenvalue weighted by Gasteiger charge is 2.34. The first-order valence-electron chi connectivity index (χ1n) is 6.07. The van der Waals surface area contributed by atoms with Crippen LogP contribution in [-0.4, -0.2) is 19.8 Å². The molecule has 0 atom stereocenters. The van der Waals surface area contributed by atoms with Crippen LogP contribution < -0.4 is 4.74 Å². The Morgan fingerprint density at radius 3 is 2.58 bits per heavy atom. The average Bonchev–Trinajstić information content (AvgIpc) is 2.37.